The molecule has 2 amide bonds. The van der Waals surface area contributed by atoms with Gasteiger partial charge in [0.25, 0.3) is 11.8 Å². The van der Waals surface area contributed by atoms with E-state index in [1.165, 1.54) is 23.1 Å². The van der Waals surface area contributed by atoms with Gasteiger partial charge in [-0.3, -0.25) is 9.59 Å². The van der Waals surface area contributed by atoms with Crippen molar-refractivity contribution in [1.82, 2.24) is 29.2 Å². The van der Waals surface area contributed by atoms with E-state index in [0.29, 0.717) is 29.4 Å². The highest BCUT2D eigenvalue weighted by molar-refractivity contribution is 7.04. The summed E-state index contributed by atoms with van der Waals surface area (Å²) in [7, 11) is 0. The minimum absolute atomic E-state index is 0.102. The van der Waals surface area contributed by atoms with Gasteiger partial charge in [-0.25, -0.2) is 4.37 Å². The van der Waals surface area contributed by atoms with Crippen molar-refractivity contribution in [3.8, 4) is 0 Å². The fourth-order valence-electron chi connectivity index (χ4n) is 5.02. The van der Waals surface area contributed by atoms with Gasteiger partial charge in [-0.1, -0.05) is 0 Å². The van der Waals surface area contributed by atoms with Crippen LogP contribution in [0.2, 0.25) is 0 Å². The average Bonchev–Trinajstić information content (AvgIpc) is 3.55. The molecule has 8 nitrogen and oxygen atoms in total. The number of hydrogen-bond donors (Lipinski definition) is 2. The quantitative estimate of drug-likeness (QED) is 0.712. The van der Waals surface area contributed by atoms with Gasteiger partial charge < -0.3 is 20.4 Å². The molecule has 0 radical (unpaired) electrons. The average molecular weight is 447 g/mol. The summed E-state index contributed by atoms with van der Waals surface area (Å²) in [5, 5.41) is 10.4. The van der Waals surface area contributed by atoms with Crippen LogP contribution in [-0.2, 0) is 0 Å². The third-order valence-corrected chi connectivity index (χ3v) is 7.84. The largest absolute Gasteiger partial charge is 0.338 e. The first kappa shape index (κ1) is 20.0. The summed E-state index contributed by atoms with van der Waals surface area (Å²) >= 11 is 2.68. The summed E-state index contributed by atoms with van der Waals surface area (Å²) in [5.41, 5.74) is 1.35. The van der Waals surface area contributed by atoms with Crippen molar-refractivity contribution in [2.24, 2.45) is 23.7 Å². The van der Waals surface area contributed by atoms with Gasteiger partial charge in [-0.15, -0.1) is 0 Å². The minimum Gasteiger partial charge on any atom is -0.338 e. The van der Waals surface area contributed by atoms with Crippen molar-refractivity contribution in [3.63, 3.8) is 0 Å². The zero-order chi connectivity index (χ0) is 20.5. The summed E-state index contributed by atoms with van der Waals surface area (Å²) in [6.07, 6.45) is 1.67. The monoisotopic (exact) mass is 446 g/mol. The molecule has 0 aliphatic carbocycles. The number of likely N-dealkylation sites (tertiary alicyclic amines) is 2. The fraction of sp³-hybridized carbons (Fsp3) is 0.600. The van der Waals surface area contributed by atoms with E-state index in [-0.39, 0.29) is 11.8 Å². The number of aromatic nitrogens is 2. The van der Waals surface area contributed by atoms with E-state index in [4.69, 9.17) is 0 Å². The number of nitrogens with zero attached hydrogens (tertiary/aromatic N) is 4. The van der Waals surface area contributed by atoms with Crippen molar-refractivity contribution in [2.45, 2.75) is 0 Å². The second kappa shape index (κ2) is 8.70. The molecule has 30 heavy (non-hydrogen) atoms. The van der Waals surface area contributed by atoms with Gasteiger partial charge in [0.05, 0.1) is 11.8 Å². The van der Waals surface area contributed by atoms with Crippen LogP contribution in [-0.4, -0.2) is 82.7 Å². The summed E-state index contributed by atoms with van der Waals surface area (Å²) in [5.74, 6) is 2.91. The summed E-state index contributed by atoms with van der Waals surface area (Å²) < 4.78 is 8.06. The molecule has 160 valence electrons. The Morgan fingerprint density at radius 2 is 1.43 bits per heavy atom. The number of carbonyl (C=O) groups excluding carboxylic acids is 2. The lowest BCUT2D eigenvalue weighted by Crippen LogP contribution is -2.31. The highest BCUT2D eigenvalue weighted by Gasteiger charge is 2.39. The van der Waals surface area contributed by atoms with Gasteiger partial charge in [-0.05, 0) is 52.8 Å². The van der Waals surface area contributed by atoms with Crippen LogP contribution in [0.5, 0.6) is 0 Å². The first-order valence-corrected chi connectivity index (χ1v) is 12.2. The molecule has 0 spiro atoms. The number of rotatable bonds is 2. The molecule has 6 heterocycles. The van der Waals surface area contributed by atoms with Crippen LogP contribution in [0, 0.1) is 23.7 Å². The van der Waals surface area contributed by atoms with Crippen LogP contribution in [0.15, 0.2) is 23.0 Å². The standard InChI is InChI=1S/2C10H13N3OS/c14-10(9-3-12-15-6-9)13-4-7-1-11-2-8(7)5-13;14-10(9-1-2-15-12-9)13-5-7-3-11-4-8(7)6-13/h3,6-8,11H,1-2,4-5H2;1-2,7-8,11H,3-6H2. The normalized spacial score (nSPS) is 29.5. The Bertz CT molecular complexity index is 778. The van der Waals surface area contributed by atoms with Gasteiger partial charge in [0.1, 0.15) is 5.69 Å². The molecule has 2 N–H and O–H groups in total. The summed E-state index contributed by atoms with van der Waals surface area (Å²) in [6, 6.07) is 1.80. The first-order valence-electron chi connectivity index (χ1n) is 10.5. The second-order valence-electron chi connectivity index (χ2n) is 8.57. The number of carbonyl (C=O) groups is 2. The lowest BCUT2D eigenvalue weighted by molar-refractivity contribution is 0.0772. The number of hydrogen-bond acceptors (Lipinski definition) is 8. The van der Waals surface area contributed by atoms with Gasteiger partial charge in [-0.2, -0.15) is 4.37 Å². The molecule has 6 rings (SSSR count). The van der Waals surface area contributed by atoms with E-state index >= 15 is 0 Å². The number of fused-ring (bicyclic) bond motifs is 2. The lowest BCUT2D eigenvalue weighted by atomic mass is 10.0. The molecule has 4 unspecified atom stereocenters. The van der Waals surface area contributed by atoms with Crippen LogP contribution in [0.25, 0.3) is 0 Å². The highest BCUT2D eigenvalue weighted by atomic mass is 32.1. The van der Waals surface area contributed by atoms with Crippen molar-refractivity contribution in [1.29, 1.82) is 0 Å². The number of nitrogens with one attached hydrogen (secondary N) is 2. The fourth-order valence-corrected chi connectivity index (χ4v) is 6.03. The first-order chi connectivity index (χ1) is 14.7. The SMILES string of the molecule is O=C(c1ccsn1)N1CC2CNCC2C1.O=C(c1cnsc1)N1CC2CNCC2C1. The zero-order valence-corrected chi connectivity index (χ0v) is 18.3. The molecule has 4 atom stereocenters. The van der Waals surface area contributed by atoms with Gasteiger partial charge in [0.2, 0.25) is 0 Å². The van der Waals surface area contributed by atoms with E-state index in [0.717, 1.165) is 57.9 Å². The molecule has 2 aromatic rings. The second-order valence-corrected chi connectivity index (χ2v) is 9.90. The number of amides is 2. The molecule has 4 fully saturated rings. The van der Waals surface area contributed by atoms with E-state index in [1.54, 1.807) is 12.3 Å². The molecular formula is C20H26N6O2S2. The zero-order valence-electron chi connectivity index (χ0n) is 16.7. The third kappa shape index (κ3) is 4.01. The van der Waals surface area contributed by atoms with Gasteiger partial charge in [0, 0.05) is 63.1 Å². The van der Waals surface area contributed by atoms with E-state index in [9.17, 15) is 9.59 Å². The molecule has 0 aromatic carbocycles. The molecule has 4 aliphatic heterocycles. The minimum atomic E-state index is 0.102. The Labute approximate surface area is 184 Å². The van der Waals surface area contributed by atoms with Crippen molar-refractivity contribution < 1.29 is 9.59 Å². The Kier molecular flexibility index (Phi) is 5.81. The van der Waals surface area contributed by atoms with E-state index < -0.39 is 0 Å². The van der Waals surface area contributed by atoms with Gasteiger partial charge >= 0.3 is 0 Å². The Morgan fingerprint density at radius 1 is 0.867 bits per heavy atom. The maximum Gasteiger partial charge on any atom is 0.273 e. The maximum absolute atomic E-state index is 12.0. The Balaban J connectivity index is 0.000000128. The Morgan fingerprint density at radius 3 is 1.90 bits per heavy atom. The van der Waals surface area contributed by atoms with Crippen molar-refractivity contribution >= 4 is 34.9 Å². The highest BCUT2D eigenvalue weighted by Crippen LogP contribution is 2.28. The molecule has 0 saturated carbocycles. The lowest BCUT2D eigenvalue weighted by Gasteiger charge is -2.16. The maximum atomic E-state index is 12.0. The van der Waals surface area contributed by atoms with E-state index in [2.05, 4.69) is 19.4 Å². The van der Waals surface area contributed by atoms with Crippen LogP contribution in [0.1, 0.15) is 20.8 Å². The Hall–Kier alpha value is -1.88. The van der Waals surface area contributed by atoms with Crippen LogP contribution in [0.3, 0.4) is 0 Å². The van der Waals surface area contributed by atoms with Crippen LogP contribution in [0.4, 0.5) is 0 Å². The van der Waals surface area contributed by atoms with Crippen molar-refractivity contribution in [2.75, 3.05) is 52.4 Å². The molecular weight excluding hydrogens is 420 g/mol. The van der Waals surface area contributed by atoms with Crippen molar-refractivity contribution in [3.05, 3.63) is 34.3 Å². The third-order valence-electron chi connectivity index (χ3n) is 6.69. The summed E-state index contributed by atoms with van der Waals surface area (Å²) in [4.78, 5) is 27.9. The predicted molar refractivity (Wildman–Crippen MR) is 116 cm³/mol. The van der Waals surface area contributed by atoms with Gasteiger partial charge in [0.15, 0.2) is 0 Å². The molecule has 4 saturated heterocycles. The van der Waals surface area contributed by atoms with Crippen LogP contribution < -0.4 is 10.6 Å². The molecule has 0 bridgehead atoms. The topological polar surface area (TPSA) is 90.5 Å². The predicted octanol–water partition coefficient (Wildman–Crippen LogP) is 0.869. The molecule has 10 heteroatoms. The smallest absolute Gasteiger partial charge is 0.273 e. The molecule has 4 aliphatic rings. The summed E-state index contributed by atoms with van der Waals surface area (Å²) in [6.45, 7) is 7.87. The van der Waals surface area contributed by atoms with E-state index in [1.807, 2.05) is 20.6 Å². The van der Waals surface area contributed by atoms with Crippen LogP contribution >= 0.6 is 23.1 Å². The molecule has 2 aromatic heterocycles.